The molecule has 0 unspecified atom stereocenters. The number of aromatic nitrogens is 2. The normalized spacial score (nSPS) is 15.3. The van der Waals surface area contributed by atoms with E-state index >= 15 is 0 Å². The molecule has 0 bridgehead atoms. The van der Waals surface area contributed by atoms with Crippen LogP contribution in [0.4, 0.5) is 5.95 Å². The average molecular weight is 336 g/mol. The highest BCUT2D eigenvalue weighted by Crippen LogP contribution is 2.33. The van der Waals surface area contributed by atoms with Crippen molar-refractivity contribution in [3.8, 4) is 11.3 Å². The van der Waals surface area contributed by atoms with Crippen molar-refractivity contribution in [3.05, 3.63) is 48.2 Å². The summed E-state index contributed by atoms with van der Waals surface area (Å²) in [6.07, 6.45) is 1.86. The summed E-state index contributed by atoms with van der Waals surface area (Å²) in [4.78, 5) is 11.6. The van der Waals surface area contributed by atoms with E-state index in [-0.39, 0.29) is 5.41 Å². The highest BCUT2D eigenvalue weighted by Gasteiger charge is 2.20. The standard InChI is InChI=1S/C21H28N4/c1-15(2)17-7-6-16(14-18(17)21(3,4)5)19-8-9-23-20(24-19)25-12-10-22-11-13-25/h6-9,14,22H,1,10-13H2,2-5H3. The Bertz CT molecular complexity index is 768. The van der Waals surface area contributed by atoms with Crippen LogP contribution in [0.15, 0.2) is 37.0 Å². The molecule has 1 fully saturated rings. The maximum atomic E-state index is 4.83. The molecule has 4 nitrogen and oxygen atoms in total. The number of hydrogen-bond acceptors (Lipinski definition) is 4. The molecule has 25 heavy (non-hydrogen) atoms. The molecule has 1 aliphatic heterocycles. The number of hydrogen-bond donors (Lipinski definition) is 1. The molecule has 1 aliphatic rings. The van der Waals surface area contributed by atoms with Gasteiger partial charge in [0.25, 0.3) is 0 Å². The van der Waals surface area contributed by atoms with Crippen LogP contribution in [0.1, 0.15) is 38.8 Å². The first kappa shape index (κ1) is 17.6. The second-order valence-corrected chi connectivity index (χ2v) is 7.77. The third-order valence-electron chi connectivity index (χ3n) is 4.63. The van der Waals surface area contributed by atoms with E-state index in [9.17, 15) is 0 Å². The number of anilines is 1. The predicted octanol–water partition coefficient (Wildman–Crippen LogP) is 3.88. The first-order valence-electron chi connectivity index (χ1n) is 8.96. The van der Waals surface area contributed by atoms with Gasteiger partial charge in [0.2, 0.25) is 5.95 Å². The quantitative estimate of drug-likeness (QED) is 0.923. The molecule has 1 aromatic heterocycles. The zero-order valence-electron chi connectivity index (χ0n) is 15.8. The fraction of sp³-hybridized carbons (Fsp3) is 0.429. The molecule has 4 heteroatoms. The third kappa shape index (κ3) is 3.90. The first-order chi connectivity index (χ1) is 11.9. The largest absolute Gasteiger partial charge is 0.338 e. The predicted molar refractivity (Wildman–Crippen MR) is 106 cm³/mol. The Kier molecular flexibility index (Phi) is 4.91. The van der Waals surface area contributed by atoms with Crippen molar-refractivity contribution >= 4 is 11.5 Å². The Labute approximate surface area is 151 Å². The molecule has 2 aromatic rings. The number of piperazine rings is 1. The summed E-state index contributed by atoms with van der Waals surface area (Å²) in [5, 5.41) is 3.37. The van der Waals surface area contributed by atoms with Crippen LogP contribution in [0.25, 0.3) is 16.8 Å². The summed E-state index contributed by atoms with van der Waals surface area (Å²) in [5.74, 6) is 0.820. The summed E-state index contributed by atoms with van der Waals surface area (Å²) < 4.78 is 0. The minimum absolute atomic E-state index is 0.0543. The summed E-state index contributed by atoms with van der Waals surface area (Å²) >= 11 is 0. The number of rotatable bonds is 3. The average Bonchev–Trinajstić information content (AvgIpc) is 2.61. The Morgan fingerprint density at radius 1 is 1.16 bits per heavy atom. The molecule has 132 valence electrons. The van der Waals surface area contributed by atoms with Crippen molar-refractivity contribution in [2.75, 3.05) is 31.1 Å². The van der Waals surface area contributed by atoms with Crippen LogP contribution >= 0.6 is 0 Å². The summed E-state index contributed by atoms with van der Waals surface area (Å²) in [7, 11) is 0. The van der Waals surface area contributed by atoms with E-state index in [1.165, 1.54) is 11.1 Å². The Morgan fingerprint density at radius 2 is 1.88 bits per heavy atom. The summed E-state index contributed by atoms with van der Waals surface area (Å²) in [6, 6.07) is 8.57. The molecule has 0 radical (unpaired) electrons. The molecule has 0 amide bonds. The van der Waals surface area contributed by atoms with Crippen LogP contribution in [0.3, 0.4) is 0 Å². The topological polar surface area (TPSA) is 41.1 Å². The lowest BCUT2D eigenvalue weighted by molar-refractivity contribution is 0.580. The van der Waals surface area contributed by atoms with Crippen LogP contribution in [0.5, 0.6) is 0 Å². The second kappa shape index (κ2) is 6.96. The molecular formula is C21H28N4. The Morgan fingerprint density at radius 3 is 2.52 bits per heavy atom. The van der Waals surface area contributed by atoms with Gasteiger partial charge in [-0.1, -0.05) is 45.1 Å². The smallest absolute Gasteiger partial charge is 0.225 e. The van der Waals surface area contributed by atoms with Crippen LogP contribution < -0.4 is 10.2 Å². The van der Waals surface area contributed by atoms with E-state index in [0.717, 1.165) is 49.0 Å². The van der Waals surface area contributed by atoms with Gasteiger partial charge in [-0.15, -0.1) is 0 Å². The SMILES string of the molecule is C=C(C)c1ccc(-c2ccnc(N3CCNCC3)n2)cc1C(C)(C)C. The van der Waals surface area contributed by atoms with Crippen molar-refractivity contribution in [1.29, 1.82) is 0 Å². The fourth-order valence-electron chi connectivity index (χ4n) is 3.22. The van der Waals surface area contributed by atoms with E-state index in [0.29, 0.717) is 0 Å². The van der Waals surface area contributed by atoms with E-state index in [4.69, 9.17) is 4.98 Å². The second-order valence-electron chi connectivity index (χ2n) is 7.77. The number of benzene rings is 1. The third-order valence-corrected chi connectivity index (χ3v) is 4.63. The van der Waals surface area contributed by atoms with Gasteiger partial charge in [-0.3, -0.25) is 0 Å². The van der Waals surface area contributed by atoms with E-state index in [2.05, 4.69) is 67.7 Å². The van der Waals surface area contributed by atoms with Crippen molar-refractivity contribution in [2.24, 2.45) is 0 Å². The summed E-state index contributed by atoms with van der Waals surface area (Å²) in [6.45, 7) is 16.8. The monoisotopic (exact) mass is 336 g/mol. The highest BCUT2D eigenvalue weighted by molar-refractivity contribution is 5.71. The van der Waals surface area contributed by atoms with Crippen molar-refractivity contribution in [1.82, 2.24) is 15.3 Å². The number of nitrogens with one attached hydrogen (secondary N) is 1. The molecular weight excluding hydrogens is 308 g/mol. The maximum absolute atomic E-state index is 4.83. The van der Waals surface area contributed by atoms with Gasteiger partial charge in [0.05, 0.1) is 5.69 Å². The van der Waals surface area contributed by atoms with Gasteiger partial charge in [0, 0.05) is 37.9 Å². The van der Waals surface area contributed by atoms with Crippen LogP contribution in [-0.2, 0) is 5.41 Å². The lowest BCUT2D eigenvalue weighted by Gasteiger charge is -2.27. The zero-order chi connectivity index (χ0) is 18.0. The van der Waals surface area contributed by atoms with Crippen molar-refractivity contribution in [3.63, 3.8) is 0 Å². The molecule has 0 aliphatic carbocycles. The number of nitrogens with zero attached hydrogens (tertiary/aromatic N) is 3. The molecule has 0 atom stereocenters. The van der Waals surface area contributed by atoms with Gasteiger partial charge in [0.1, 0.15) is 0 Å². The lowest BCUT2D eigenvalue weighted by Crippen LogP contribution is -2.44. The van der Waals surface area contributed by atoms with E-state index in [1.807, 2.05) is 12.3 Å². The Balaban J connectivity index is 2.00. The zero-order valence-corrected chi connectivity index (χ0v) is 15.8. The van der Waals surface area contributed by atoms with Gasteiger partial charge >= 0.3 is 0 Å². The highest BCUT2D eigenvalue weighted by atomic mass is 15.3. The fourth-order valence-corrected chi connectivity index (χ4v) is 3.22. The Hall–Kier alpha value is -2.20. The van der Waals surface area contributed by atoms with Crippen molar-refractivity contribution < 1.29 is 0 Å². The van der Waals surface area contributed by atoms with Crippen molar-refractivity contribution in [2.45, 2.75) is 33.1 Å². The molecule has 1 aromatic carbocycles. The van der Waals surface area contributed by atoms with E-state index < -0.39 is 0 Å². The molecule has 0 saturated carbocycles. The molecule has 3 rings (SSSR count). The lowest BCUT2D eigenvalue weighted by atomic mass is 9.81. The van der Waals surface area contributed by atoms with Crippen LogP contribution in [0.2, 0.25) is 0 Å². The maximum Gasteiger partial charge on any atom is 0.225 e. The molecule has 1 saturated heterocycles. The summed E-state index contributed by atoms with van der Waals surface area (Å²) in [5.41, 5.74) is 5.79. The molecule has 0 spiro atoms. The number of allylic oxidation sites excluding steroid dienone is 1. The van der Waals surface area contributed by atoms with Gasteiger partial charge < -0.3 is 10.2 Å². The first-order valence-corrected chi connectivity index (χ1v) is 8.96. The van der Waals surface area contributed by atoms with Gasteiger partial charge in [-0.25, -0.2) is 9.97 Å². The minimum atomic E-state index is 0.0543. The van der Waals surface area contributed by atoms with Crippen LogP contribution in [-0.4, -0.2) is 36.1 Å². The molecule has 2 heterocycles. The van der Waals surface area contributed by atoms with Gasteiger partial charge in [0.15, 0.2) is 0 Å². The van der Waals surface area contributed by atoms with E-state index in [1.54, 1.807) is 0 Å². The molecule has 1 N–H and O–H groups in total. The van der Waals surface area contributed by atoms with Crippen LogP contribution in [0, 0.1) is 0 Å². The van der Waals surface area contributed by atoms with Gasteiger partial charge in [-0.2, -0.15) is 0 Å². The minimum Gasteiger partial charge on any atom is -0.338 e. The van der Waals surface area contributed by atoms with Gasteiger partial charge in [-0.05, 0) is 35.6 Å².